The first-order valence-electron chi connectivity index (χ1n) is 13.0. The first kappa shape index (κ1) is 25.2. The summed E-state index contributed by atoms with van der Waals surface area (Å²) in [5.74, 6) is 0.852. The molecule has 14 heteroatoms. The van der Waals surface area contributed by atoms with Crippen LogP contribution < -0.4 is 10.9 Å². The van der Waals surface area contributed by atoms with Crippen molar-refractivity contribution in [3.05, 3.63) is 81.9 Å². The summed E-state index contributed by atoms with van der Waals surface area (Å²) < 4.78 is 18.2. The van der Waals surface area contributed by atoms with Crippen molar-refractivity contribution in [3.63, 3.8) is 0 Å². The molecule has 0 saturated heterocycles. The number of H-pyrrole nitrogens is 1. The van der Waals surface area contributed by atoms with Crippen LogP contribution in [-0.2, 0) is 4.79 Å². The Balaban J connectivity index is 1.21. The zero-order valence-corrected chi connectivity index (χ0v) is 22.4. The molecule has 12 nitrogen and oxygen atoms in total. The largest absolute Gasteiger partial charge is 0.340 e. The van der Waals surface area contributed by atoms with Crippen molar-refractivity contribution in [2.45, 2.75) is 38.1 Å². The van der Waals surface area contributed by atoms with Crippen LogP contribution in [0, 0.1) is 11.7 Å². The number of nitrogens with zero attached hydrogens (tertiary/aromatic N) is 8. The molecule has 1 aromatic carbocycles. The van der Waals surface area contributed by atoms with E-state index in [0.29, 0.717) is 29.6 Å². The fourth-order valence-electron chi connectivity index (χ4n) is 5.18. The van der Waals surface area contributed by atoms with E-state index in [1.807, 2.05) is 13.0 Å². The van der Waals surface area contributed by atoms with Crippen LogP contribution in [-0.4, -0.2) is 50.6 Å². The summed E-state index contributed by atoms with van der Waals surface area (Å²) in [7, 11) is 0. The molecular weight excluding hydrogens is 551 g/mol. The first-order valence-corrected chi connectivity index (χ1v) is 13.4. The molecule has 1 amide bonds. The van der Waals surface area contributed by atoms with Gasteiger partial charge in [-0.2, -0.15) is 4.68 Å². The lowest BCUT2D eigenvalue weighted by atomic mass is 10.1. The Labute approximate surface area is 236 Å². The third kappa shape index (κ3) is 4.47. The lowest BCUT2D eigenvalue weighted by molar-refractivity contribution is -0.117. The fraction of sp³-hybridized carbons (Fsp3) is 0.259. The number of aromatic amines is 1. The van der Waals surface area contributed by atoms with Crippen molar-refractivity contribution in [2.24, 2.45) is 5.92 Å². The van der Waals surface area contributed by atoms with Crippen LogP contribution in [0.3, 0.4) is 0 Å². The highest BCUT2D eigenvalue weighted by Gasteiger charge is 2.34. The maximum absolute atomic E-state index is 15.3. The van der Waals surface area contributed by atoms with Crippen molar-refractivity contribution in [1.82, 2.24) is 44.7 Å². The average Bonchev–Trinajstić information content (AvgIpc) is 3.31. The Kier molecular flexibility index (Phi) is 5.96. The van der Waals surface area contributed by atoms with Crippen LogP contribution in [0.1, 0.15) is 49.8 Å². The highest BCUT2D eigenvalue weighted by Crippen LogP contribution is 2.39. The molecule has 2 atom stereocenters. The van der Waals surface area contributed by atoms with Crippen LogP contribution in [0.25, 0.3) is 28.2 Å². The molecule has 41 heavy (non-hydrogen) atoms. The number of fused-ring (bicyclic) bond motifs is 1. The Hall–Kier alpha value is -4.78. The lowest BCUT2D eigenvalue weighted by Gasteiger charge is -2.15. The van der Waals surface area contributed by atoms with E-state index in [4.69, 9.17) is 16.6 Å². The van der Waals surface area contributed by atoms with Crippen LogP contribution in [0.5, 0.6) is 0 Å². The van der Waals surface area contributed by atoms with Gasteiger partial charge in [-0.25, -0.2) is 19.3 Å². The van der Waals surface area contributed by atoms with Crippen molar-refractivity contribution in [2.75, 3.05) is 5.32 Å². The zero-order valence-electron chi connectivity index (χ0n) is 21.6. The van der Waals surface area contributed by atoms with Crippen molar-refractivity contribution < 1.29 is 9.18 Å². The molecule has 1 aliphatic carbocycles. The molecule has 1 fully saturated rings. The molecule has 5 aromatic rings. The van der Waals surface area contributed by atoms with Gasteiger partial charge in [0.05, 0.1) is 39.9 Å². The van der Waals surface area contributed by atoms with E-state index >= 15 is 4.39 Å². The number of amides is 1. The van der Waals surface area contributed by atoms with E-state index in [-0.39, 0.29) is 39.6 Å². The van der Waals surface area contributed by atoms with E-state index in [1.165, 1.54) is 23.1 Å². The topological polar surface area (TPSA) is 149 Å². The second-order valence-corrected chi connectivity index (χ2v) is 10.7. The number of carbonyl (C=O) groups excluding carboxylic acids is 1. The predicted octanol–water partition coefficient (Wildman–Crippen LogP) is 3.91. The summed E-state index contributed by atoms with van der Waals surface area (Å²) in [6, 6.07) is 7.47. The molecule has 1 saturated carbocycles. The van der Waals surface area contributed by atoms with Gasteiger partial charge in [-0.05, 0) is 54.0 Å². The smallest absolute Gasteiger partial charge is 0.254 e. The number of halogens is 2. The van der Waals surface area contributed by atoms with Gasteiger partial charge in [-0.3, -0.25) is 14.2 Å². The second-order valence-electron chi connectivity index (χ2n) is 10.2. The van der Waals surface area contributed by atoms with Gasteiger partial charge in [0, 0.05) is 29.7 Å². The fourth-order valence-corrected chi connectivity index (χ4v) is 5.34. The second kappa shape index (κ2) is 9.70. The van der Waals surface area contributed by atoms with Crippen molar-refractivity contribution in [3.8, 4) is 28.2 Å². The normalized spacial score (nSPS) is 17.9. The van der Waals surface area contributed by atoms with Crippen LogP contribution >= 0.6 is 11.6 Å². The van der Waals surface area contributed by atoms with Crippen LogP contribution in [0.2, 0.25) is 5.02 Å². The Morgan fingerprint density at radius 3 is 2.76 bits per heavy atom. The molecular formula is C27H22ClFN10O2. The van der Waals surface area contributed by atoms with Gasteiger partial charge in [0.25, 0.3) is 5.56 Å². The summed E-state index contributed by atoms with van der Waals surface area (Å²) in [6.07, 6.45) is 7.08. The highest BCUT2D eigenvalue weighted by molar-refractivity contribution is 6.31. The van der Waals surface area contributed by atoms with Gasteiger partial charge in [0.15, 0.2) is 5.82 Å². The summed E-state index contributed by atoms with van der Waals surface area (Å²) in [4.78, 5) is 42.5. The number of rotatable bonds is 6. The minimum Gasteiger partial charge on any atom is -0.340 e. The molecule has 2 N–H and O–H groups in total. The Morgan fingerprint density at radius 2 is 2.02 bits per heavy atom. The Morgan fingerprint density at radius 1 is 1.17 bits per heavy atom. The molecule has 5 heterocycles. The van der Waals surface area contributed by atoms with Gasteiger partial charge in [-0.1, -0.05) is 18.5 Å². The summed E-state index contributed by atoms with van der Waals surface area (Å²) >= 11 is 6.10. The van der Waals surface area contributed by atoms with E-state index in [2.05, 4.69) is 35.8 Å². The quantitative estimate of drug-likeness (QED) is 0.311. The molecule has 1 aliphatic heterocycles. The number of carbonyl (C=O) groups is 1. The third-order valence-corrected chi connectivity index (χ3v) is 7.71. The van der Waals surface area contributed by atoms with Gasteiger partial charge in [0.2, 0.25) is 5.91 Å². The number of benzene rings is 1. The van der Waals surface area contributed by atoms with Gasteiger partial charge in [-0.15, -0.1) is 5.10 Å². The number of aromatic nitrogens is 9. The number of pyridine rings is 1. The van der Waals surface area contributed by atoms with E-state index in [1.54, 1.807) is 29.1 Å². The average molecular weight is 573 g/mol. The minimum atomic E-state index is -0.721. The van der Waals surface area contributed by atoms with E-state index < -0.39 is 11.9 Å². The predicted molar refractivity (Wildman–Crippen MR) is 146 cm³/mol. The maximum atomic E-state index is 15.3. The summed E-state index contributed by atoms with van der Waals surface area (Å²) in [5.41, 5.74) is 1.63. The summed E-state index contributed by atoms with van der Waals surface area (Å²) in [6.45, 7) is 1.96. The molecule has 2 aliphatic rings. The molecule has 0 radical (unpaired) electrons. The number of hydrogen-bond acceptors (Lipinski definition) is 8. The highest BCUT2D eigenvalue weighted by atomic mass is 35.5. The maximum Gasteiger partial charge on any atom is 0.254 e. The van der Waals surface area contributed by atoms with E-state index in [0.717, 1.165) is 24.1 Å². The Bertz CT molecular complexity index is 1850. The van der Waals surface area contributed by atoms with E-state index in [9.17, 15) is 9.59 Å². The lowest BCUT2D eigenvalue weighted by Crippen LogP contribution is -2.25. The molecule has 7 rings (SSSR count). The monoisotopic (exact) mass is 572 g/mol. The van der Waals surface area contributed by atoms with Crippen LogP contribution in [0.15, 0.2) is 53.8 Å². The SMILES string of the molecule is C[C@@H]1C[C@H](c2ncc(-c3ccc(NC(=O)C4CC4)nc3)[nH]2)n2c1nc(-c1c(-n3cnnn3)ccc(Cl)c1F)cc2=O. The molecule has 4 aromatic heterocycles. The van der Waals surface area contributed by atoms with Crippen molar-refractivity contribution >= 4 is 23.3 Å². The number of nitrogens with one attached hydrogen (secondary N) is 2. The molecule has 0 spiro atoms. The standard InChI is InChI=1S/C27H22ClFN10O2/c1-13-8-20(25-31-11-18(33-25)15-4-7-21(30-10-15)35-27(41)14-2-3-14)39-22(40)9-17(34-26(13)39)23-19(38-12-32-36-37-38)6-5-16(28)24(23)29/h4-7,9-14,20H,2-3,8H2,1H3,(H,31,33)(H,30,35,41)/t13-,20-/m1/s1. The van der Waals surface area contributed by atoms with Gasteiger partial charge >= 0.3 is 0 Å². The van der Waals surface area contributed by atoms with Crippen LogP contribution in [0.4, 0.5) is 10.2 Å². The molecule has 0 bridgehead atoms. The minimum absolute atomic E-state index is 0.00460. The van der Waals surface area contributed by atoms with Crippen molar-refractivity contribution in [1.29, 1.82) is 0 Å². The van der Waals surface area contributed by atoms with Gasteiger partial charge in [0.1, 0.15) is 23.8 Å². The molecule has 206 valence electrons. The number of tetrazole rings is 1. The molecule has 0 unspecified atom stereocenters. The van der Waals surface area contributed by atoms with Gasteiger partial charge < -0.3 is 10.3 Å². The summed E-state index contributed by atoms with van der Waals surface area (Å²) in [5, 5.41) is 13.8. The first-order chi connectivity index (χ1) is 19.9. The third-order valence-electron chi connectivity index (χ3n) is 7.42. The number of imidazole rings is 1. The number of hydrogen-bond donors (Lipinski definition) is 2. The zero-order chi connectivity index (χ0) is 28.2. The number of anilines is 1.